The van der Waals surface area contributed by atoms with Gasteiger partial charge in [0.2, 0.25) is 5.91 Å². The number of nitrogens with zero attached hydrogens (tertiary/aromatic N) is 2. The summed E-state index contributed by atoms with van der Waals surface area (Å²) in [5, 5.41) is 2.96. The van der Waals surface area contributed by atoms with Gasteiger partial charge in [0.1, 0.15) is 0 Å². The Bertz CT molecular complexity index is 824. The molecule has 4 rings (SSSR count). The molecule has 5 nitrogen and oxygen atoms in total. The number of hydrogen-bond donors (Lipinski definition) is 1. The molecule has 1 N–H and O–H groups in total. The average molecular weight is 377 g/mol. The molecule has 0 radical (unpaired) electrons. The van der Waals surface area contributed by atoms with Crippen LogP contribution in [0.3, 0.4) is 0 Å². The maximum Gasteiger partial charge on any atom is 0.255 e. The molecule has 0 aliphatic carbocycles. The average Bonchev–Trinajstić information content (AvgIpc) is 3.36. The number of rotatable bonds is 6. The van der Waals surface area contributed by atoms with E-state index in [0.29, 0.717) is 18.5 Å². The Hall–Kier alpha value is -2.66. The Morgan fingerprint density at radius 1 is 0.821 bits per heavy atom. The van der Waals surface area contributed by atoms with Crippen molar-refractivity contribution >= 4 is 17.5 Å². The smallest absolute Gasteiger partial charge is 0.255 e. The van der Waals surface area contributed by atoms with Crippen molar-refractivity contribution in [2.75, 3.05) is 25.0 Å². The van der Waals surface area contributed by atoms with E-state index in [-0.39, 0.29) is 11.8 Å². The van der Waals surface area contributed by atoms with Gasteiger partial charge in [-0.05, 0) is 67.7 Å². The van der Waals surface area contributed by atoms with Crippen LogP contribution < -0.4 is 5.32 Å². The van der Waals surface area contributed by atoms with Crippen molar-refractivity contribution in [2.24, 2.45) is 0 Å². The zero-order valence-electron chi connectivity index (χ0n) is 16.2. The lowest BCUT2D eigenvalue weighted by molar-refractivity contribution is -0.128. The number of hydrogen-bond acceptors (Lipinski definition) is 3. The summed E-state index contributed by atoms with van der Waals surface area (Å²) in [7, 11) is 0. The summed E-state index contributed by atoms with van der Waals surface area (Å²) < 4.78 is 0. The van der Waals surface area contributed by atoms with Gasteiger partial charge < -0.3 is 10.2 Å². The van der Waals surface area contributed by atoms with E-state index in [1.54, 1.807) is 0 Å². The van der Waals surface area contributed by atoms with Gasteiger partial charge in [-0.2, -0.15) is 0 Å². The van der Waals surface area contributed by atoms with Crippen LogP contribution in [0.1, 0.15) is 47.2 Å². The highest BCUT2D eigenvalue weighted by Gasteiger charge is 2.20. The quantitative estimate of drug-likeness (QED) is 0.836. The van der Waals surface area contributed by atoms with Crippen molar-refractivity contribution in [3.8, 4) is 0 Å². The molecule has 2 fully saturated rings. The predicted octanol–water partition coefficient (Wildman–Crippen LogP) is 3.66. The molecular weight excluding hydrogens is 350 g/mol. The first-order valence-corrected chi connectivity index (χ1v) is 10.2. The van der Waals surface area contributed by atoms with Gasteiger partial charge in [0.15, 0.2) is 0 Å². The minimum absolute atomic E-state index is 0.115. The van der Waals surface area contributed by atoms with Crippen LogP contribution in [-0.2, 0) is 17.9 Å². The Morgan fingerprint density at radius 2 is 1.46 bits per heavy atom. The molecule has 2 aromatic rings. The summed E-state index contributed by atoms with van der Waals surface area (Å²) in [6.45, 7) is 4.80. The Kier molecular flexibility index (Phi) is 5.72. The summed E-state index contributed by atoms with van der Waals surface area (Å²) >= 11 is 0. The zero-order valence-corrected chi connectivity index (χ0v) is 16.2. The molecule has 0 aromatic heterocycles. The number of likely N-dealkylation sites (tertiary alicyclic amines) is 2. The summed E-state index contributed by atoms with van der Waals surface area (Å²) in [5.74, 6) is 0.103. The van der Waals surface area contributed by atoms with Crippen molar-refractivity contribution in [1.29, 1.82) is 0 Å². The topological polar surface area (TPSA) is 52.7 Å². The molecule has 2 saturated heterocycles. The third kappa shape index (κ3) is 4.60. The van der Waals surface area contributed by atoms with Crippen molar-refractivity contribution in [3.63, 3.8) is 0 Å². The number of carbonyl (C=O) groups excluding carboxylic acids is 2. The van der Waals surface area contributed by atoms with E-state index < -0.39 is 0 Å². The van der Waals surface area contributed by atoms with Crippen molar-refractivity contribution in [3.05, 3.63) is 65.2 Å². The van der Waals surface area contributed by atoms with Crippen LogP contribution in [-0.4, -0.2) is 41.2 Å². The second kappa shape index (κ2) is 8.57. The van der Waals surface area contributed by atoms with Crippen molar-refractivity contribution in [2.45, 2.75) is 38.8 Å². The number of nitrogens with one attached hydrogen (secondary N) is 1. The molecule has 5 heteroatoms. The minimum atomic E-state index is -0.115. The molecule has 2 aliphatic rings. The van der Waals surface area contributed by atoms with Crippen LogP contribution in [0.25, 0.3) is 0 Å². The summed E-state index contributed by atoms with van der Waals surface area (Å²) in [5.41, 5.74) is 3.76. The number of amides is 2. The first-order valence-electron chi connectivity index (χ1n) is 10.2. The monoisotopic (exact) mass is 377 g/mol. The lowest BCUT2D eigenvalue weighted by Crippen LogP contribution is -2.23. The lowest BCUT2D eigenvalue weighted by Gasteiger charge is -2.16. The summed E-state index contributed by atoms with van der Waals surface area (Å²) in [6, 6.07) is 15.6. The highest BCUT2D eigenvalue weighted by molar-refractivity contribution is 6.04. The molecule has 2 aliphatic heterocycles. The number of benzene rings is 2. The number of anilines is 1. The third-order valence-electron chi connectivity index (χ3n) is 5.58. The zero-order chi connectivity index (χ0) is 19.3. The van der Waals surface area contributed by atoms with Crippen LogP contribution in [0.2, 0.25) is 0 Å². The van der Waals surface area contributed by atoms with Crippen LogP contribution in [0, 0.1) is 0 Å². The maximum atomic E-state index is 12.5. The van der Waals surface area contributed by atoms with E-state index in [1.165, 1.54) is 31.5 Å². The van der Waals surface area contributed by atoms with E-state index in [4.69, 9.17) is 0 Å². The SMILES string of the molecule is O=C(Nc1ccc(CN2CCCC2)cc1)c1ccc(CN2CCCC2=O)cc1. The molecule has 28 heavy (non-hydrogen) atoms. The number of carbonyl (C=O) groups is 2. The highest BCUT2D eigenvalue weighted by atomic mass is 16.2. The molecule has 0 bridgehead atoms. The van der Waals surface area contributed by atoms with Crippen LogP contribution in [0.4, 0.5) is 5.69 Å². The first kappa shape index (κ1) is 18.7. The largest absolute Gasteiger partial charge is 0.338 e. The normalized spacial score (nSPS) is 17.3. The molecule has 0 unspecified atom stereocenters. The predicted molar refractivity (Wildman–Crippen MR) is 110 cm³/mol. The molecule has 146 valence electrons. The van der Waals surface area contributed by atoms with E-state index in [2.05, 4.69) is 22.3 Å². The van der Waals surface area contributed by atoms with Crippen LogP contribution in [0.5, 0.6) is 0 Å². The van der Waals surface area contributed by atoms with Gasteiger partial charge in [0, 0.05) is 37.3 Å². The third-order valence-corrected chi connectivity index (χ3v) is 5.58. The minimum Gasteiger partial charge on any atom is -0.338 e. The molecule has 0 saturated carbocycles. The van der Waals surface area contributed by atoms with E-state index >= 15 is 0 Å². The van der Waals surface area contributed by atoms with Gasteiger partial charge in [0.25, 0.3) is 5.91 Å². The van der Waals surface area contributed by atoms with Gasteiger partial charge in [-0.15, -0.1) is 0 Å². The molecule has 2 heterocycles. The fourth-order valence-corrected chi connectivity index (χ4v) is 3.95. The Balaban J connectivity index is 1.32. The fraction of sp³-hybridized carbons (Fsp3) is 0.391. The van der Waals surface area contributed by atoms with Crippen LogP contribution >= 0.6 is 0 Å². The summed E-state index contributed by atoms with van der Waals surface area (Å²) in [4.78, 5) is 28.6. The van der Waals surface area contributed by atoms with Gasteiger partial charge in [-0.1, -0.05) is 24.3 Å². The van der Waals surface area contributed by atoms with E-state index in [0.717, 1.165) is 30.8 Å². The van der Waals surface area contributed by atoms with Gasteiger partial charge >= 0.3 is 0 Å². The molecule has 2 amide bonds. The van der Waals surface area contributed by atoms with Crippen molar-refractivity contribution in [1.82, 2.24) is 9.80 Å². The molecule has 0 spiro atoms. The van der Waals surface area contributed by atoms with Crippen LogP contribution in [0.15, 0.2) is 48.5 Å². The fourth-order valence-electron chi connectivity index (χ4n) is 3.95. The van der Waals surface area contributed by atoms with Gasteiger partial charge in [0.05, 0.1) is 0 Å². The van der Waals surface area contributed by atoms with E-state index in [9.17, 15) is 9.59 Å². The highest BCUT2D eigenvalue weighted by Crippen LogP contribution is 2.17. The van der Waals surface area contributed by atoms with E-state index in [1.807, 2.05) is 41.3 Å². The lowest BCUT2D eigenvalue weighted by atomic mass is 10.1. The van der Waals surface area contributed by atoms with Gasteiger partial charge in [-0.3, -0.25) is 14.5 Å². The Labute approximate surface area is 166 Å². The standard InChI is InChI=1S/C23H27N3O2/c27-22-4-3-15-26(22)17-19-5-9-20(10-6-19)23(28)24-21-11-7-18(8-12-21)16-25-13-1-2-14-25/h5-12H,1-4,13-17H2,(H,24,28). The van der Waals surface area contributed by atoms with Gasteiger partial charge in [-0.25, -0.2) is 0 Å². The molecule has 0 atom stereocenters. The maximum absolute atomic E-state index is 12.5. The first-order chi connectivity index (χ1) is 13.7. The second-order valence-electron chi connectivity index (χ2n) is 7.75. The molecule has 2 aromatic carbocycles. The summed E-state index contributed by atoms with van der Waals surface area (Å²) in [6.07, 6.45) is 4.18. The molecular formula is C23H27N3O2. The second-order valence-corrected chi connectivity index (χ2v) is 7.75. The van der Waals surface area contributed by atoms with Crippen molar-refractivity contribution < 1.29 is 9.59 Å². The Morgan fingerprint density at radius 3 is 2.11 bits per heavy atom.